The molecule has 1 aromatic rings. The molecule has 0 atom stereocenters. The molecule has 0 saturated heterocycles. The second-order valence-electron chi connectivity index (χ2n) is 2.92. The van der Waals surface area contributed by atoms with Gasteiger partial charge in [0.25, 0.3) is 0 Å². The number of amides is 1. The van der Waals surface area contributed by atoms with E-state index >= 15 is 0 Å². The summed E-state index contributed by atoms with van der Waals surface area (Å²) >= 11 is 5.80. The van der Waals surface area contributed by atoms with Crippen molar-refractivity contribution >= 4 is 17.7 Å². The third-order valence-electron chi connectivity index (χ3n) is 1.78. The fourth-order valence-electron chi connectivity index (χ4n) is 1.04. The van der Waals surface area contributed by atoms with E-state index in [1.807, 2.05) is 0 Å². The van der Waals surface area contributed by atoms with Crippen LogP contribution in [0, 0.1) is 11.8 Å². The molecule has 0 aliphatic carbocycles. The first kappa shape index (κ1) is 12.4. The third kappa shape index (κ3) is 3.81. The Morgan fingerprint density at radius 1 is 1.50 bits per heavy atom. The van der Waals surface area contributed by atoms with Gasteiger partial charge in [-0.2, -0.15) is 0 Å². The average molecular weight is 240 g/mol. The van der Waals surface area contributed by atoms with Gasteiger partial charge in [0.05, 0.1) is 13.2 Å². The van der Waals surface area contributed by atoms with Crippen LogP contribution in [0.2, 0.25) is 5.02 Å². The SMILES string of the molecule is O=C(O)NCC#Cc1ccc(Cl)c(CO)c1. The van der Waals surface area contributed by atoms with Crippen LogP contribution in [0.25, 0.3) is 0 Å². The largest absolute Gasteiger partial charge is 0.465 e. The molecule has 0 bridgehead atoms. The molecule has 0 aliphatic rings. The Balaban J connectivity index is 2.70. The monoisotopic (exact) mass is 239 g/mol. The molecule has 1 amide bonds. The predicted molar refractivity (Wildman–Crippen MR) is 60.3 cm³/mol. The van der Waals surface area contributed by atoms with Crippen LogP contribution >= 0.6 is 11.6 Å². The molecule has 0 radical (unpaired) electrons. The number of hydrogen-bond donors (Lipinski definition) is 3. The van der Waals surface area contributed by atoms with Crippen molar-refractivity contribution in [3.63, 3.8) is 0 Å². The first-order chi connectivity index (χ1) is 7.63. The molecular weight excluding hydrogens is 230 g/mol. The van der Waals surface area contributed by atoms with Crippen LogP contribution in [-0.2, 0) is 6.61 Å². The molecular formula is C11H10ClNO3. The van der Waals surface area contributed by atoms with E-state index in [1.54, 1.807) is 18.2 Å². The van der Waals surface area contributed by atoms with Crippen molar-refractivity contribution in [1.29, 1.82) is 0 Å². The van der Waals surface area contributed by atoms with Crippen molar-refractivity contribution < 1.29 is 15.0 Å². The van der Waals surface area contributed by atoms with E-state index in [9.17, 15) is 4.79 Å². The van der Waals surface area contributed by atoms with E-state index < -0.39 is 6.09 Å². The molecule has 84 valence electrons. The first-order valence-corrected chi connectivity index (χ1v) is 4.86. The number of carboxylic acid groups (broad SMARTS) is 1. The summed E-state index contributed by atoms with van der Waals surface area (Å²) in [6.45, 7) is -0.0891. The van der Waals surface area contributed by atoms with Crippen LogP contribution in [0.3, 0.4) is 0 Å². The van der Waals surface area contributed by atoms with Gasteiger partial charge in [0, 0.05) is 10.6 Å². The zero-order chi connectivity index (χ0) is 12.0. The number of benzene rings is 1. The summed E-state index contributed by atoms with van der Waals surface area (Å²) in [5.74, 6) is 5.39. The Hall–Kier alpha value is -1.70. The number of rotatable bonds is 2. The Kier molecular flexibility index (Phi) is 4.65. The van der Waals surface area contributed by atoms with E-state index in [1.165, 1.54) is 0 Å². The normalized spacial score (nSPS) is 9.12. The van der Waals surface area contributed by atoms with Crippen molar-refractivity contribution in [2.24, 2.45) is 0 Å². The average Bonchev–Trinajstić information content (AvgIpc) is 2.26. The van der Waals surface area contributed by atoms with E-state index in [4.69, 9.17) is 21.8 Å². The van der Waals surface area contributed by atoms with Crippen LogP contribution in [0.4, 0.5) is 4.79 Å². The van der Waals surface area contributed by atoms with Crippen LogP contribution in [0.15, 0.2) is 18.2 Å². The Morgan fingerprint density at radius 3 is 2.88 bits per heavy atom. The van der Waals surface area contributed by atoms with E-state index in [2.05, 4.69) is 17.2 Å². The van der Waals surface area contributed by atoms with Gasteiger partial charge >= 0.3 is 6.09 Å². The van der Waals surface area contributed by atoms with Crippen molar-refractivity contribution in [3.05, 3.63) is 34.3 Å². The van der Waals surface area contributed by atoms with Gasteiger partial charge in [0.2, 0.25) is 0 Å². The lowest BCUT2D eigenvalue weighted by Crippen LogP contribution is -2.20. The third-order valence-corrected chi connectivity index (χ3v) is 2.15. The van der Waals surface area contributed by atoms with Gasteiger partial charge in [0.15, 0.2) is 0 Å². The molecule has 0 aliphatic heterocycles. The number of carbonyl (C=O) groups is 1. The van der Waals surface area contributed by atoms with Crippen LogP contribution < -0.4 is 5.32 Å². The molecule has 3 N–H and O–H groups in total. The van der Waals surface area contributed by atoms with Crippen molar-refractivity contribution in [2.75, 3.05) is 6.54 Å². The lowest BCUT2D eigenvalue weighted by Gasteiger charge is -2.00. The number of aliphatic hydroxyl groups excluding tert-OH is 1. The van der Waals surface area contributed by atoms with Crippen molar-refractivity contribution in [1.82, 2.24) is 5.32 Å². The quantitative estimate of drug-likeness (QED) is 0.685. The standard InChI is InChI=1S/C11H10ClNO3/c12-10-4-3-8(6-9(10)7-14)2-1-5-13-11(15)16/h3-4,6,13-14H,5,7H2,(H,15,16). The fourth-order valence-corrected chi connectivity index (χ4v) is 1.22. The summed E-state index contributed by atoms with van der Waals surface area (Å²) in [6, 6.07) is 5.01. The maximum Gasteiger partial charge on any atom is 0.405 e. The number of nitrogens with one attached hydrogen (secondary N) is 1. The summed E-state index contributed by atoms with van der Waals surface area (Å²) in [6.07, 6.45) is -1.11. The molecule has 0 saturated carbocycles. The van der Waals surface area contributed by atoms with Crippen LogP contribution in [-0.4, -0.2) is 22.9 Å². The minimum absolute atomic E-state index is 0.0619. The highest BCUT2D eigenvalue weighted by Crippen LogP contribution is 2.16. The van der Waals surface area contributed by atoms with Crippen molar-refractivity contribution in [2.45, 2.75) is 6.61 Å². The number of hydrogen-bond acceptors (Lipinski definition) is 2. The Bertz CT molecular complexity index is 448. The molecule has 16 heavy (non-hydrogen) atoms. The second kappa shape index (κ2) is 6.01. The molecule has 0 spiro atoms. The van der Waals surface area contributed by atoms with Crippen molar-refractivity contribution in [3.8, 4) is 11.8 Å². The minimum atomic E-state index is -1.11. The molecule has 1 rings (SSSR count). The zero-order valence-corrected chi connectivity index (χ0v) is 9.08. The van der Waals surface area contributed by atoms with E-state index in [0.717, 1.165) is 0 Å². The number of aliphatic hydroxyl groups is 1. The Labute approximate surface area is 97.9 Å². The lowest BCUT2D eigenvalue weighted by molar-refractivity contribution is 0.196. The fraction of sp³-hybridized carbons (Fsp3) is 0.182. The molecule has 5 heteroatoms. The second-order valence-corrected chi connectivity index (χ2v) is 3.33. The van der Waals surface area contributed by atoms with E-state index in [-0.39, 0.29) is 13.2 Å². The molecule has 0 fully saturated rings. The van der Waals surface area contributed by atoms with Gasteiger partial charge < -0.3 is 15.5 Å². The number of halogens is 1. The summed E-state index contributed by atoms with van der Waals surface area (Å²) < 4.78 is 0. The molecule has 1 aromatic carbocycles. The minimum Gasteiger partial charge on any atom is -0.465 e. The van der Waals surface area contributed by atoms with E-state index in [0.29, 0.717) is 16.1 Å². The summed E-state index contributed by atoms with van der Waals surface area (Å²) in [5, 5.41) is 19.9. The van der Waals surface area contributed by atoms with Gasteiger partial charge in [-0.1, -0.05) is 23.4 Å². The summed E-state index contributed by atoms with van der Waals surface area (Å²) in [4.78, 5) is 10.1. The van der Waals surface area contributed by atoms with Gasteiger partial charge in [-0.25, -0.2) is 4.79 Å². The van der Waals surface area contributed by atoms with Gasteiger partial charge in [-0.05, 0) is 23.8 Å². The van der Waals surface area contributed by atoms with Crippen LogP contribution in [0.1, 0.15) is 11.1 Å². The maximum absolute atomic E-state index is 10.1. The van der Waals surface area contributed by atoms with Gasteiger partial charge in [-0.15, -0.1) is 0 Å². The molecule has 0 heterocycles. The maximum atomic E-state index is 10.1. The predicted octanol–water partition coefficient (Wildman–Crippen LogP) is 1.45. The molecule has 0 aromatic heterocycles. The van der Waals surface area contributed by atoms with Gasteiger partial charge in [-0.3, -0.25) is 0 Å². The summed E-state index contributed by atoms with van der Waals surface area (Å²) in [7, 11) is 0. The topological polar surface area (TPSA) is 69.6 Å². The molecule has 4 nitrogen and oxygen atoms in total. The zero-order valence-electron chi connectivity index (χ0n) is 8.33. The highest BCUT2D eigenvalue weighted by atomic mass is 35.5. The van der Waals surface area contributed by atoms with Crippen LogP contribution in [0.5, 0.6) is 0 Å². The first-order valence-electron chi connectivity index (χ1n) is 4.48. The Morgan fingerprint density at radius 2 is 2.25 bits per heavy atom. The van der Waals surface area contributed by atoms with Gasteiger partial charge in [0.1, 0.15) is 0 Å². The lowest BCUT2D eigenvalue weighted by atomic mass is 10.1. The highest BCUT2D eigenvalue weighted by Gasteiger charge is 1.98. The highest BCUT2D eigenvalue weighted by molar-refractivity contribution is 6.31. The smallest absolute Gasteiger partial charge is 0.405 e. The summed E-state index contributed by atoms with van der Waals surface area (Å²) in [5.41, 5.74) is 1.28. The molecule has 0 unspecified atom stereocenters.